The second kappa shape index (κ2) is 9.64. The summed E-state index contributed by atoms with van der Waals surface area (Å²) in [7, 11) is 1.84. The van der Waals surface area contributed by atoms with E-state index < -0.39 is 12.0 Å². The van der Waals surface area contributed by atoms with Gasteiger partial charge in [-0.1, -0.05) is 0 Å². The lowest BCUT2D eigenvalue weighted by Crippen LogP contribution is -2.23. The highest BCUT2D eigenvalue weighted by molar-refractivity contribution is 8.00. The highest BCUT2D eigenvalue weighted by Gasteiger charge is 2.38. The molecule has 1 saturated heterocycles. The molecule has 4 rings (SSSR count). The third-order valence-corrected chi connectivity index (χ3v) is 6.52. The highest BCUT2D eigenvalue weighted by Crippen LogP contribution is 2.35. The van der Waals surface area contributed by atoms with Gasteiger partial charge in [-0.2, -0.15) is 13.2 Å². The Morgan fingerprint density at radius 2 is 1.91 bits per heavy atom. The number of rotatable bonds is 6. The normalized spacial score (nSPS) is 15.1. The molecule has 33 heavy (non-hydrogen) atoms. The van der Waals surface area contributed by atoms with Crippen molar-refractivity contribution >= 4 is 40.3 Å². The summed E-state index contributed by atoms with van der Waals surface area (Å²) in [6, 6.07) is 12.5. The van der Waals surface area contributed by atoms with Crippen LogP contribution in [0.25, 0.3) is 11.0 Å². The number of hydrogen-bond donors (Lipinski definition) is 1. The Morgan fingerprint density at radius 3 is 2.55 bits per heavy atom. The molecule has 0 saturated carbocycles. The molecule has 0 atom stereocenters. The number of amides is 1. The van der Waals surface area contributed by atoms with Crippen LogP contribution < -0.4 is 9.62 Å². The Labute approximate surface area is 194 Å². The fourth-order valence-corrected chi connectivity index (χ4v) is 4.71. The molecule has 6 nitrogen and oxygen atoms in total. The summed E-state index contributed by atoms with van der Waals surface area (Å²) in [5.74, 6) is -0.865. The van der Waals surface area contributed by atoms with Gasteiger partial charge in [-0.15, -0.1) is 0 Å². The van der Waals surface area contributed by atoms with Crippen LogP contribution in [-0.2, 0) is 22.3 Å². The molecule has 1 aromatic heterocycles. The number of anilines is 2. The molecular weight excluding hydrogens is 453 g/mol. The molecule has 10 heteroatoms. The van der Waals surface area contributed by atoms with E-state index in [9.17, 15) is 18.0 Å². The minimum atomic E-state index is -4.53. The molecule has 1 fully saturated rings. The summed E-state index contributed by atoms with van der Waals surface area (Å²) >= 11 is 1.43. The van der Waals surface area contributed by atoms with Gasteiger partial charge < -0.3 is 18.9 Å². The number of carbonyl (C=O) groups is 1. The summed E-state index contributed by atoms with van der Waals surface area (Å²) in [4.78, 5) is 16.1. The summed E-state index contributed by atoms with van der Waals surface area (Å²) in [5.41, 5.74) is 2.24. The Kier molecular flexibility index (Phi) is 6.85. The van der Waals surface area contributed by atoms with Gasteiger partial charge in [-0.25, -0.2) is 4.98 Å². The molecule has 0 radical (unpaired) electrons. The van der Waals surface area contributed by atoms with E-state index in [0.29, 0.717) is 29.9 Å². The quantitative estimate of drug-likeness (QED) is 0.469. The topological polar surface area (TPSA) is 59.4 Å². The van der Waals surface area contributed by atoms with E-state index in [2.05, 4.69) is 10.3 Å². The van der Waals surface area contributed by atoms with Crippen LogP contribution in [0, 0.1) is 5.92 Å². The molecule has 1 aliphatic heterocycles. The number of fused-ring (bicyclic) bond motifs is 1. The van der Waals surface area contributed by atoms with Crippen molar-refractivity contribution in [1.29, 1.82) is 0 Å². The predicted octanol–water partition coefficient (Wildman–Crippen LogP) is 5.58. The fraction of sp³-hybridized carbons (Fsp3) is 0.391. The lowest BCUT2D eigenvalue weighted by molar-refractivity contribution is -0.147. The molecule has 0 unspecified atom stereocenters. The Bertz CT molecular complexity index is 1130. The Hall–Kier alpha value is -2.72. The third-order valence-electron chi connectivity index (χ3n) is 5.55. The first-order valence-corrected chi connectivity index (χ1v) is 11.4. The van der Waals surface area contributed by atoms with E-state index in [-0.39, 0.29) is 18.4 Å². The van der Waals surface area contributed by atoms with Crippen molar-refractivity contribution in [2.45, 2.75) is 37.4 Å². The Morgan fingerprint density at radius 1 is 1.21 bits per heavy atom. The van der Waals surface area contributed by atoms with Gasteiger partial charge in [-0.3, -0.25) is 4.79 Å². The van der Waals surface area contributed by atoms with Crippen LogP contribution in [0.5, 0.6) is 0 Å². The average molecular weight is 479 g/mol. The fourth-order valence-electron chi connectivity index (χ4n) is 3.92. The van der Waals surface area contributed by atoms with E-state index in [4.69, 9.17) is 4.74 Å². The van der Waals surface area contributed by atoms with Gasteiger partial charge in [0.15, 0.2) is 0 Å². The minimum absolute atomic E-state index is 0.135. The SMILES string of the molecule is CC(=O)Nc1ccc(SN(C)c2ccc3c(c2)nc(C(F)(F)F)n3CC2CCOCC2)cc1. The molecule has 0 aliphatic carbocycles. The van der Waals surface area contributed by atoms with Crippen LogP contribution in [0.2, 0.25) is 0 Å². The molecule has 3 aromatic rings. The maximum Gasteiger partial charge on any atom is 0.449 e. The average Bonchev–Trinajstić information content (AvgIpc) is 3.13. The van der Waals surface area contributed by atoms with Crippen LogP contribution in [0.4, 0.5) is 24.5 Å². The maximum atomic E-state index is 13.8. The molecule has 1 amide bonds. The van der Waals surface area contributed by atoms with Crippen molar-refractivity contribution < 1.29 is 22.7 Å². The van der Waals surface area contributed by atoms with Crippen LogP contribution in [0.1, 0.15) is 25.6 Å². The van der Waals surface area contributed by atoms with Gasteiger partial charge in [0, 0.05) is 50.0 Å². The number of halogens is 3. The molecule has 176 valence electrons. The number of benzene rings is 2. The standard InChI is InChI=1S/C23H25F3N4O2S/c1-15(31)27-17-3-6-19(7-4-17)33-29(2)18-5-8-21-20(13-18)28-22(23(24,25)26)30(21)14-16-9-11-32-12-10-16/h3-8,13,16H,9-12,14H2,1-2H3,(H,27,31). The smallest absolute Gasteiger partial charge is 0.381 e. The van der Waals surface area contributed by atoms with Crippen LogP contribution in [-0.4, -0.2) is 35.7 Å². The largest absolute Gasteiger partial charge is 0.449 e. The van der Waals surface area contributed by atoms with E-state index in [1.165, 1.54) is 23.4 Å². The van der Waals surface area contributed by atoms with Crippen molar-refractivity contribution in [3.8, 4) is 0 Å². The summed E-state index contributed by atoms with van der Waals surface area (Å²) in [5, 5.41) is 2.71. The second-order valence-corrected chi connectivity index (χ2v) is 9.27. The first-order valence-electron chi connectivity index (χ1n) is 10.7. The van der Waals surface area contributed by atoms with Crippen LogP contribution in [0.3, 0.4) is 0 Å². The number of aromatic nitrogens is 2. The zero-order chi connectivity index (χ0) is 23.6. The molecule has 1 N–H and O–H groups in total. The van der Waals surface area contributed by atoms with Gasteiger partial charge in [0.1, 0.15) is 0 Å². The molecule has 0 spiro atoms. The zero-order valence-electron chi connectivity index (χ0n) is 18.4. The lowest BCUT2D eigenvalue weighted by Gasteiger charge is -2.24. The summed E-state index contributed by atoms with van der Waals surface area (Å²) in [6.07, 6.45) is -3.04. The molecule has 2 heterocycles. The first kappa shape index (κ1) is 23.4. The van der Waals surface area contributed by atoms with Crippen molar-refractivity contribution in [3.63, 3.8) is 0 Å². The van der Waals surface area contributed by atoms with Crippen molar-refractivity contribution in [1.82, 2.24) is 9.55 Å². The van der Waals surface area contributed by atoms with Crippen molar-refractivity contribution in [2.24, 2.45) is 5.92 Å². The first-order chi connectivity index (χ1) is 15.7. The lowest BCUT2D eigenvalue weighted by atomic mass is 10.0. The molecular formula is C23H25F3N4O2S. The number of ether oxygens (including phenoxy) is 1. The molecule has 2 aromatic carbocycles. The number of nitrogens with zero attached hydrogens (tertiary/aromatic N) is 3. The number of imidazole rings is 1. The molecule has 1 aliphatic rings. The number of nitrogens with one attached hydrogen (secondary N) is 1. The highest BCUT2D eigenvalue weighted by atomic mass is 32.2. The Balaban J connectivity index is 1.57. The van der Waals surface area contributed by atoms with Gasteiger partial charge in [0.25, 0.3) is 0 Å². The number of hydrogen-bond acceptors (Lipinski definition) is 5. The van der Waals surface area contributed by atoms with E-state index in [0.717, 1.165) is 23.4 Å². The predicted molar refractivity (Wildman–Crippen MR) is 123 cm³/mol. The summed E-state index contributed by atoms with van der Waals surface area (Å²) in [6.45, 7) is 2.88. The van der Waals surface area contributed by atoms with Gasteiger partial charge >= 0.3 is 6.18 Å². The number of carbonyl (C=O) groups excluding carboxylic acids is 1. The zero-order valence-corrected chi connectivity index (χ0v) is 19.2. The van der Waals surface area contributed by atoms with Crippen molar-refractivity contribution in [3.05, 3.63) is 48.3 Å². The second-order valence-electron chi connectivity index (χ2n) is 8.07. The van der Waals surface area contributed by atoms with Gasteiger partial charge in [0.05, 0.1) is 11.0 Å². The van der Waals surface area contributed by atoms with Crippen LogP contribution >= 0.6 is 11.9 Å². The summed E-state index contributed by atoms with van der Waals surface area (Å²) < 4.78 is 49.8. The van der Waals surface area contributed by atoms with Crippen LogP contribution in [0.15, 0.2) is 47.4 Å². The monoisotopic (exact) mass is 478 g/mol. The van der Waals surface area contributed by atoms with Gasteiger partial charge in [0.2, 0.25) is 11.7 Å². The van der Waals surface area contributed by atoms with Gasteiger partial charge in [-0.05, 0) is 73.2 Å². The number of alkyl halides is 3. The maximum absolute atomic E-state index is 13.8. The van der Waals surface area contributed by atoms with E-state index >= 15 is 0 Å². The van der Waals surface area contributed by atoms with E-state index in [1.54, 1.807) is 24.3 Å². The van der Waals surface area contributed by atoms with Crippen molar-refractivity contribution in [2.75, 3.05) is 29.9 Å². The minimum Gasteiger partial charge on any atom is -0.381 e. The van der Waals surface area contributed by atoms with E-state index in [1.807, 2.05) is 29.6 Å². The molecule has 0 bridgehead atoms. The third kappa shape index (κ3) is 5.62.